The fourth-order valence-electron chi connectivity index (χ4n) is 1.74. The van der Waals surface area contributed by atoms with E-state index < -0.39 is 0 Å². The van der Waals surface area contributed by atoms with Crippen LogP contribution >= 0.6 is 15.9 Å². The molecule has 2 rings (SSSR count). The molecule has 2 heterocycles. The van der Waals surface area contributed by atoms with E-state index in [-0.39, 0.29) is 0 Å². The Morgan fingerprint density at radius 3 is 3.08 bits per heavy atom. The van der Waals surface area contributed by atoms with Crippen LogP contribution in [0.25, 0.3) is 0 Å². The van der Waals surface area contributed by atoms with Gasteiger partial charge in [0.15, 0.2) is 7.98 Å². The third-order valence-electron chi connectivity index (χ3n) is 2.40. The van der Waals surface area contributed by atoms with E-state index in [0.29, 0.717) is 6.04 Å². The first kappa shape index (κ1) is 8.32. The van der Waals surface area contributed by atoms with Gasteiger partial charge in [0.1, 0.15) is 10.4 Å². The highest BCUT2D eigenvalue weighted by atomic mass is 79.9. The highest BCUT2D eigenvalue weighted by Crippen LogP contribution is 2.28. The Labute approximate surface area is 81.1 Å². The lowest BCUT2D eigenvalue weighted by Crippen LogP contribution is -2.20. The Kier molecular flexibility index (Phi) is 2.23. The maximum absolute atomic E-state index is 4.36. The number of nitrogens with zero attached hydrogens (tertiary/aromatic N) is 2. The first-order chi connectivity index (χ1) is 5.77. The molecular weight excluding hydrogens is 217 g/mol. The van der Waals surface area contributed by atoms with Crippen molar-refractivity contribution < 1.29 is 0 Å². The molecule has 1 aromatic heterocycles. The predicted molar refractivity (Wildman–Crippen MR) is 53.5 cm³/mol. The van der Waals surface area contributed by atoms with Crippen molar-refractivity contribution in [3.8, 4) is 0 Å². The maximum Gasteiger partial charge on any atom is 0.186 e. The summed E-state index contributed by atoms with van der Waals surface area (Å²) < 4.78 is 0.901. The number of aromatic amines is 1. The Bertz CT molecular complexity index is 275. The molecular formula is C7H11BBrN3. The number of nitrogens with one attached hydrogen (secondary N) is 1. The zero-order valence-electron chi connectivity index (χ0n) is 7.05. The van der Waals surface area contributed by atoms with Crippen LogP contribution in [0, 0.1) is 0 Å². The molecule has 1 aliphatic rings. The van der Waals surface area contributed by atoms with Crippen molar-refractivity contribution >= 4 is 23.9 Å². The number of H-pyrrole nitrogens is 1. The highest BCUT2D eigenvalue weighted by Gasteiger charge is 2.24. The smallest absolute Gasteiger partial charge is 0.186 e. The van der Waals surface area contributed by atoms with Crippen LogP contribution in [0.3, 0.4) is 0 Å². The number of imidazole rings is 1. The number of hydrogen-bond acceptors (Lipinski definition) is 2. The van der Waals surface area contributed by atoms with Crippen molar-refractivity contribution in [2.45, 2.75) is 18.9 Å². The van der Waals surface area contributed by atoms with Gasteiger partial charge in [-0.1, -0.05) is 0 Å². The zero-order valence-corrected chi connectivity index (χ0v) is 8.63. The Balaban J connectivity index is 2.19. The van der Waals surface area contributed by atoms with Gasteiger partial charge in [-0.15, -0.1) is 0 Å². The van der Waals surface area contributed by atoms with E-state index in [9.17, 15) is 0 Å². The van der Waals surface area contributed by atoms with E-state index >= 15 is 0 Å². The van der Waals surface area contributed by atoms with Gasteiger partial charge in [-0.05, 0) is 35.3 Å². The predicted octanol–water partition coefficient (Wildman–Crippen LogP) is 0.857. The molecule has 1 N–H and O–H groups in total. The van der Waals surface area contributed by atoms with Crippen LogP contribution in [0.15, 0.2) is 10.8 Å². The average molecular weight is 228 g/mol. The minimum Gasteiger partial charge on any atom is -0.346 e. The van der Waals surface area contributed by atoms with Gasteiger partial charge in [-0.2, -0.15) is 0 Å². The average Bonchev–Trinajstić information content (AvgIpc) is 2.58. The molecule has 0 amide bonds. The lowest BCUT2D eigenvalue weighted by Gasteiger charge is -2.16. The summed E-state index contributed by atoms with van der Waals surface area (Å²) in [5.41, 5.74) is 0. The van der Waals surface area contributed by atoms with Crippen LogP contribution in [0.1, 0.15) is 24.7 Å². The third-order valence-corrected chi connectivity index (χ3v) is 2.81. The molecule has 0 radical (unpaired) electrons. The number of halogens is 1. The quantitative estimate of drug-likeness (QED) is 0.722. The summed E-state index contributed by atoms with van der Waals surface area (Å²) >= 11 is 3.34. The van der Waals surface area contributed by atoms with Gasteiger partial charge in [0.2, 0.25) is 0 Å². The second kappa shape index (κ2) is 3.22. The molecule has 0 bridgehead atoms. The van der Waals surface area contributed by atoms with E-state index in [2.05, 4.69) is 38.7 Å². The molecule has 1 fully saturated rings. The van der Waals surface area contributed by atoms with Crippen LogP contribution < -0.4 is 0 Å². The van der Waals surface area contributed by atoms with Gasteiger partial charge >= 0.3 is 0 Å². The minimum atomic E-state index is 0.497. The summed E-state index contributed by atoms with van der Waals surface area (Å²) in [5, 5.41) is 0. The second-order valence-electron chi connectivity index (χ2n) is 3.25. The van der Waals surface area contributed by atoms with Crippen LogP contribution in [-0.4, -0.2) is 29.3 Å². The second-order valence-corrected chi connectivity index (χ2v) is 4.06. The first-order valence-electron chi connectivity index (χ1n) is 4.18. The molecule has 0 aromatic carbocycles. The van der Waals surface area contributed by atoms with Crippen molar-refractivity contribution in [3.05, 3.63) is 16.6 Å². The molecule has 5 heteroatoms. The molecule has 12 heavy (non-hydrogen) atoms. The normalized spacial score (nSPS) is 24.9. The van der Waals surface area contributed by atoms with Crippen LogP contribution in [-0.2, 0) is 0 Å². The number of rotatable bonds is 1. The molecule has 3 nitrogen and oxygen atoms in total. The van der Waals surface area contributed by atoms with Crippen LogP contribution in [0.5, 0.6) is 0 Å². The van der Waals surface area contributed by atoms with Crippen LogP contribution in [0.4, 0.5) is 0 Å². The summed E-state index contributed by atoms with van der Waals surface area (Å²) in [6.07, 6.45) is 4.39. The topological polar surface area (TPSA) is 31.9 Å². The van der Waals surface area contributed by atoms with Gasteiger partial charge < -0.3 is 9.79 Å². The van der Waals surface area contributed by atoms with Crippen molar-refractivity contribution in [3.63, 3.8) is 0 Å². The van der Waals surface area contributed by atoms with Crippen molar-refractivity contribution in [1.82, 2.24) is 14.8 Å². The van der Waals surface area contributed by atoms with Gasteiger partial charge in [-0.25, -0.2) is 4.98 Å². The highest BCUT2D eigenvalue weighted by molar-refractivity contribution is 9.10. The fraction of sp³-hybridized carbons (Fsp3) is 0.571. The third kappa shape index (κ3) is 1.43. The van der Waals surface area contributed by atoms with Gasteiger partial charge in [0, 0.05) is 6.20 Å². The van der Waals surface area contributed by atoms with Crippen LogP contribution in [0.2, 0.25) is 0 Å². The largest absolute Gasteiger partial charge is 0.346 e. The minimum absolute atomic E-state index is 0.497. The molecule has 1 aliphatic heterocycles. The monoisotopic (exact) mass is 227 g/mol. The summed E-state index contributed by atoms with van der Waals surface area (Å²) in [4.78, 5) is 9.88. The van der Waals surface area contributed by atoms with Gasteiger partial charge in [-0.3, -0.25) is 0 Å². The Hall–Kier alpha value is -0.285. The van der Waals surface area contributed by atoms with E-state index in [1.54, 1.807) is 0 Å². The molecule has 1 atom stereocenters. The number of aromatic nitrogens is 2. The van der Waals surface area contributed by atoms with Gasteiger partial charge in [0.25, 0.3) is 0 Å². The summed E-state index contributed by atoms with van der Waals surface area (Å²) in [6.45, 7) is 1.18. The molecule has 0 saturated carbocycles. The lowest BCUT2D eigenvalue weighted by molar-refractivity contribution is 0.418. The Morgan fingerprint density at radius 2 is 2.58 bits per heavy atom. The molecule has 1 aromatic rings. The molecule has 64 valence electrons. The molecule has 0 spiro atoms. The van der Waals surface area contributed by atoms with E-state index in [0.717, 1.165) is 10.4 Å². The summed E-state index contributed by atoms with van der Waals surface area (Å²) in [5.74, 6) is 1.09. The molecule has 0 aliphatic carbocycles. The van der Waals surface area contributed by atoms with Gasteiger partial charge in [0.05, 0.1) is 6.04 Å². The number of hydrogen-bond donors (Lipinski definition) is 1. The van der Waals surface area contributed by atoms with Crippen molar-refractivity contribution in [2.24, 2.45) is 0 Å². The first-order valence-corrected chi connectivity index (χ1v) is 4.98. The summed E-state index contributed by atoms with van der Waals surface area (Å²) in [7, 11) is 2.15. The SMILES string of the molecule is BN1CCC[C@H]1c1nc(Br)c[nH]1. The van der Waals surface area contributed by atoms with Crippen molar-refractivity contribution in [1.29, 1.82) is 0 Å². The summed E-state index contributed by atoms with van der Waals surface area (Å²) in [6, 6.07) is 0.497. The van der Waals surface area contributed by atoms with E-state index in [1.807, 2.05) is 6.20 Å². The van der Waals surface area contributed by atoms with E-state index in [4.69, 9.17) is 0 Å². The van der Waals surface area contributed by atoms with Crippen molar-refractivity contribution in [2.75, 3.05) is 6.54 Å². The fourth-order valence-corrected chi connectivity index (χ4v) is 2.05. The Morgan fingerprint density at radius 1 is 1.75 bits per heavy atom. The maximum atomic E-state index is 4.36. The standard InChI is InChI=1S/C7H11BBrN3/c8-12-3-1-2-5(12)7-10-4-6(9)11-7/h4-5H,1-3,8H2,(H,10,11)/t5-/m0/s1. The van der Waals surface area contributed by atoms with E-state index in [1.165, 1.54) is 19.4 Å². The molecule has 1 saturated heterocycles. The molecule has 0 unspecified atom stereocenters. The lowest BCUT2D eigenvalue weighted by atomic mass is 10.2. The zero-order chi connectivity index (χ0) is 8.55.